The van der Waals surface area contributed by atoms with Gasteiger partial charge in [-0.3, -0.25) is 0 Å². The Kier molecular flexibility index (Phi) is 3.21. The standard InChI is InChI=1S/C6H9NOS2/c7-5(4-8)10-6-2-1-3-9-6/h1-3,5,8H,4,7H2. The molecule has 0 radical (unpaired) electrons. The average Bonchev–Trinajstić information content (AvgIpc) is 2.40. The van der Waals surface area contributed by atoms with Gasteiger partial charge in [0.2, 0.25) is 0 Å². The number of thioether (sulfide) groups is 1. The molecule has 1 heterocycles. The lowest BCUT2D eigenvalue weighted by Gasteiger charge is -2.03. The van der Waals surface area contributed by atoms with Gasteiger partial charge in [0.1, 0.15) is 0 Å². The maximum Gasteiger partial charge on any atom is 0.0797 e. The van der Waals surface area contributed by atoms with E-state index in [0.29, 0.717) is 0 Å². The summed E-state index contributed by atoms with van der Waals surface area (Å²) in [5, 5.41) is 10.4. The van der Waals surface area contributed by atoms with Crippen molar-refractivity contribution in [2.75, 3.05) is 6.61 Å². The predicted molar refractivity (Wildman–Crippen MR) is 45.2 cm³/mol. The molecule has 1 aromatic heterocycles. The third kappa shape index (κ3) is 2.30. The van der Waals surface area contributed by atoms with Crippen molar-refractivity contribution in [3.8, 4) is 0 Å². The molecule has 56 valence electrons. The van der Waals surface area contributed by atoms with Crippen molar-refractivity contribution < 1.29 is 5.11 Å². The van der Waals surface area contributed by atoms with Crippen LogP contribution >= 0.6 is 23.1 Å². The molecule has 1 aromatic rings. The number of aliphatic hydroxyl groups excluding tert-OH is 1. The van der Waals surface area contributed by atoms with E-state index in [9.17, 15) is 0 Å². The van der Waals surface area contributed by atoms with Crippen LogP contribution in [0, 0.1) is 0 Å². The molecule has 0 aliphatic rings. The molecule has 0 saturated heterocycles. The second kappa shape index (κ2) is 3.98. The zero-order valence-corrected chi connectivity index (χ0v) is 6.99. The van der Waals surface area contributed by atoms with Crippen molar-refractivity contribution in [1.29, 1.82) is 0 Å². The van der Waals surface area contributed by atoms with Gasteiger partial charge in [-0.2, -0.15) is 0 Å². The molecule has 1 unspecified atom stereocenters. The topological polar surface area (TPSA) is 46.2 Å². The number of aliphatic hydroxyl groups is 1. The monoisotopic (exact) mass is 175 g/mol. The highest BCUT2D eigenvalue weighted by Gasteiger charge is 2.01. The predicted octanol–water partition coefficient (Wildman–Crippen LogP) is 1.12. The van der Waals surface area contributed by atoms with E-state index in [0.717, 1.165) is 4.21 Å². The highest BCUT2D eigenvalue weighted by molar-refractivity contribution is 8.01. The van der Waals surface area contributed by atoms with Gasteiger partial charge in [-0.05, 0) is 11.4 Å². The first-order valence-electron chi connectivity index (χ1n) is 2.89. The Morgan fingerprint density at radius 1 is 1.80 bits per heavy atom. The Balaban J connectivity index is 2.40. The largest absolute Gasteiger partial charge is 0.394 e. The Morgan fingerprint density at radius 2 is 2.60 bits per heavy atom. The highest BCUT2D eigenvalue weighted by atomic mass is 32.2. The van der Waals surface area contributed by atoms with E-state index in [2.05, 4.69) is 0 Å². The molecular formula is C6H9NOS2. The summed E-state index contributed by atoms with van der Waals surface area (Å²) in [6.45, 7) is 0.0303. The summed E-state index contributed by atoms with van der Waals surface area (Å²) in [5.41, 5.74) is 5.48. The first kappa shape index (κ1) is 8.07. The quantitative estimate of drug-likeness (QED) is 0.534. The van der Waals surface area contributed by atoms with Gasteiger partial charge in [-0.25, -0.2) is 0 Å². The molecule has 0 amide bonds. The number of nitrogens with two attached hydrogens (primary N) is 1. The molecule has 0 aromatic carbocycles. The molecule has 2 nitrogen and oxygen atoms in total. The number of rotatable bonds is 3. The molecule has 10 heavy (non-hydrogen) atoms. The van der Waals surface area contributed by atoms with E-state index in [-0.39, 0.29) is 12.0 Å². The van der Waals surface area contributed by atoms with E-state index < -0.39 is 0 Å². The highest BCUT2D eigenvalue weighted by Crippen LogP contribution is 2.24. The Bertz CT molecular complexity index is 176. The molecule has 4 heteroatoms. The van der Waals surface area contributed by atoms with Crippen LogP contribution in [0.5, 0.6) is 0 Å². The molecule has 0 aliphatic heterocycles. The lowest BCUT2D eigenvalue weighted by molar-refractivity contribution is 0.296. The van der Waals surface area contributed by atoms with Crippen molar-refractivity contribution in [3.63, 3.8) is 0 Å². The third-order valence-corrected chi connectivity index (χ3v) is 3.00. The van der Waals surface area contributed by atoms with Crippen LogP contribution in [0.4, 0.5) is 0 Å². The van der Waals surface area contributed by atoms with Crippen molar-refractivity contribution in [2.45, 2.75) is 9.58 Å². The lowest BCUT2D eigenvalue weighted by Crippen LogP contribution is -2.19. The molecular weight excluding hydrogens is 166 g/mol. The van der Waals surface area contributed by atoms with Crippen LogP contribution in [0.1, 0.15) is 0 Å². The minimum Gasteiger partial charge on any atom is -0.394 e. The van der Waals surface area contributed by atoms with Crippen molar-refractivity contribution in [2.24, 2.45) is 5.73 Å². The Morgan fingerprint density at radius 3 is 3.10 bits per heavy atom. The molecule has 0 spiro atoms. The summed E-state index contributed by atoms with van der Waals surface area (Å²) in [6.07, 6.45) is 0. The molecule has 0 bridgehead atoms. The van der Waals surface area contributed by atoms with E-state index in [1.54, 1.807) is 11.3 Å². The minimum absolute atomic E-state index is 0.0303. The number of hydrogen-bond acceptors (Lipinski definition) is 4. The van der Waals surface area contributed by atoms with Gasteiger partial charge >= 0.3 is 0 Å². The summed E-state index contributed by atoms with van der Waals surface area (Å²) in [7, 11) is 0. The summed E-state index contributed by atoms with van der Waals surface area (Å²) in [6, 6.07) is 3.96. The summed E-state index contributed by atoms with van der Waals surface area (Å²) >= 11 is 3.14. The zero-order chi connectivity index (χ0) is 7.40. The average molecular weight is 175 g/mol. The summed E-state index contributed by atoms with van der Waals surface area (Å²) in [4.78, 5) is 0. The van der Waals surface area contributed by atoms with Crippen LogP contribution in [0.2, 0.25) is 0 Å². The zero-order valence-electron chi connectivity index (χ0n) is 5.36. The first-order chi connectivity index (χ1) is 4.83. The molecule has 0 fully saturated rings. The van der Waals surface area contributed by atoms with Gasteiger partial charge in [-0.15, -0.1) is 11.3 Å². The fraction of sp³-hybridized carbons (Fsp3) is 0.333. The summed E-state index contributed by atoms with van der Waals surface area (Å²) < 4.78 is 1.15. The maximum absolute atomic E-state index is 8.59. The van der Waals surface area contributed by atoms with Crippen molar-refractivity contribution >= 4 is 23.1 Å². The van der Waals surface area contributed by atoms with Crippen LogP contribution in [0.25, 0.3) is 0 Å². The first-order valence-corrected chi connectivity index (χ1v) is 4.65. The van der Waals surface area contributed by atoms with E-state index in [1.807, 2.05) is 17.5 Å². The van der Waals surface area contributed by atoms with Gasteiger partial charge in [0.05, 0.1) is 16.2 Å². The molecule has 1 atom stereocenters. The van der Waals surface area contributed by atoms with Crippen molar-refractivity contribution in [1.82, 2.24) is 0 Å². The minimum atomic E-state index is -0.182. The Hall–Kier alpha value is -0.0300. The van der Waals surface area contributed by atoms with Gasteiger partial charge in [0, 0.05) is 0 Å². The van der Waals surface area contributed by atoms with Gasteiger partial charge in [-0.1, -0.05) is 17.8 Å². The van der Waals surface area contributed by atoms with Crippen LogP contribution < -0.4 is 5.73 Å². The molecule has 1 rings (SSSR count). The normalized spacial score (nSPS) is 13.4. The summed E-state index contributed by atoms with van der Waals surface area (Å²) in [5.74, 6) is 0. The second-order valence-corrected chi connectivity index (χ2v) is 4.26. The second-order valence-electron chi connectivity index (χ2n) is 1.77. The van der Waals surface area contributed by atoms with Gasteiger partial charge < -0.3 is 10.8 Å². The SMILES string of the molecule is NC(CO)Sc1cccs1. The van der Waals surface area contributed by atoms with Crippen molar-refractivity contribution in [3.05, 3.63) is 17.5 Å². The smallest absolute Gasteiger partial charge is 0.0797 e. The molecule has 0 aliphatic carbocycles. The Labute approximate surface area is 68.1 Å². The van der Waals surface area contributed by atoms with E-state index >= 15 is 0 Å². The van der Waals surface area contributed by atoms with Crippen LogP contribution in [0.15, 0.2) is 21.7 Å². The van der Waals surface area contributed by atoms with Gasteiger partial charge in [0.15, 0.2) is 0 Å². The number of hydrogen-bond donors (Lipinski definition) is 2. The van der Waals surface area contributed by atoms with Crippen LogP contribution in [-0.2, 0) is 0 Å². The van der Waals surface area contributed by atoms with Gasteiger partial charge in [0.25, 0.3) is 0 Å². The van der Waals surface area contributed by atoms with Crippen LogP contribution in [0.3, 0.4) is 0 Å². The third-order valence-electron chi connectivity index (χ3n) is 0.943. The number of thiophene rings is 1. The fourth-order valence-electron chi connectivity index (χ4n) is 0.517. The van der Waals surface area contributed by atoms with E-state index in [1.165, 1.54) is 11.8 Å². The van der Waals surface area contributed by atoms with E-state index in [4.69, 9.17) is 10.8 Å². The maximum atomic E-state index is 8.59. The van der Waals surface area contributed by atoms with Crippen LogP contribution in [-0.4, -0.2) is 17.1 Å². The molecule has 0 saturated carbocycles. The molecule has 3 N–H and O–H groups in total. The lowest BCUT2D eigenvalue weighted by atomic mass is 10.7. The fourth-order valence-corrected chi connectivity index (χ4v) is 2.26.